The van der Waals surface area contributed by atoms with Crippen LogP contribution in [0.2, 0.25) is 0 Å². The lowest BCUT2D eigenvalue weighted by atomic mass is 10.1. The molecule has 1 aliphatic rings. The van der Waals surface area contributed by atoms with Gasteiger partial charge in [-0.15, -0.1) is 10.2 Å². The Morgan fingerprint density at radius 3 is 2.44 bits per heavy atom. The third-order valence-corrected chi connectivity index (χ3v) is 6.08. The summed E-state index contributed by atoms with van der Waals surface area (Å²) < 4.78 is 67.6. The minimum absolute atomic E-state index is 0.114. The van der Waals surface area contributed by atoms with Crippen LogP contribution in [-0.2, 0) is 22.1 Å². The zero-order chi connectivity index (χ0) is 24.7. The monoisotopic (exact) mass is 499 g/mol. The summed E-state index contributed by atoms with van der Waals surface area (Å²) in [4.78, 5) is 18.3. The molecule has 8 nitrogen and oxygen atoms in total. The second-order valence-corrected chi connectivity index (χ2v) is 8.97. The van der Waals surface area contributed by atoms with E-state index in [0.717, 1.165) is 47.8 Å². The van der Waals surface area contributed by atoms with Gasteiger partial charge in [0, 0.05) is 46.5 Å². The van der Waals surface area contributed by atoms with Crippen LogP contribution in [0.1, 0.15) is 17.9 Å². The summed E-state index contributed by atoms with van der Waals surface area (Å²) in [6.07, 6.45) is -1.56. The number of rotatable bonds is 6. The summed E-state index contributed by atoms with van der Waals surface area (Å²) in [5.41, 5.74) is 0.240. The Morgan fingerprint density at radius 1 is 1.18 bits per heavy atom. The van der Waals surface area contributed by atoms with Crippen molar-refractivity contribution in [2.45, 2.75) is 13.0 Å². The van der Waals surface area contributed by atoms with Gasteiger partial charge in [-0.3, -0.25) is 13.9 Å². The van der Waals surface area contributed by atoms with Gasteiger partial charge in [0.05, 0.1) is 12.7 Å². The third kappa shape index (κ3) is 6.90. The molecule has 0 radical (unpaired) electrons. The second-order valence-electron chi connectivity index (χ2n) is 7.27. The van der Waals surface area contributed by atoms with Gasteiger partial charge in [-0.25, -0.2) is 13.8 Å². The standard InChI is InChI=1S/C16H10F4N4O2.C5H11NOS/c17-11-3-4-13(21-6-11)24(8-25)7-10-2-1-9(5-12(10)18)15-22-23-16(26-15)14(19)20;1-6-2-4-8(7)5-3-6/h1-6,8,14H,7H2;2-5H2,1H3. The maximum atomic E-state index is 14.3. The third-order valence-electron chi connectivity index (χ3n) is 4.80. The highest BCUT2D eigenvalue weighted by Crippen LogP contribution is 2.25. The molecule has 3 aromatic rings. The normalized spacial score (nSPS) is 14.5. The first-order valence-corrected chi connectivity index (χ1v) is 11.5. The highest BCUT2D eigenvalue weighted by Gasteiger charge is 2.18. The number of halogens is 4. The zero-order valence-corrected chi connectivity index (χ0v) is 18.9. The van der Waals surface area contributed by atoms with E-state index in [-0.39, 0.29) is 29.4 Å². The quantitative estimate of drug-likeness (QED) is 0.380. The molecule has 2 aromatic heterocycles. The number of aromatic nitrogens is 3. The van der Waals surface area contributed by atoms with Gasteiger partial charge in [0.25, 0.3) is 5.89 Å². The average Bonchev–Trinajstić information content (AvgIpc) is 3.32. The lowest BCUT2D eigenvalue weighted by Gasteiger charge is -2.20. The van der Waals surface area contributed by atoms with Crippen LogP contribution in [-0.4, -0.2) is 62.3 Å². The fraction of sp³-hybridized carbons (Fsp3) is 0.333. The number of nitrogens with zero attached hydrogens (tertiary/aromatic N) is 5. The Bertz CT molecular complexity index is 1120. The van der Waals surface area contributed by atoms with E-state index in [1.807, 2.05) is 0 Å². The van der Waals surface area contributed by atoms with E-state index in [4.69, 9.17) is 4.42 Å². The summed E-state index contributed by atoms with van der Waals surface area (Å²) in [7, 11) is 1.56. The fourth-order valence-corrected chi connectivity index (χ4v) is 4.11. The Kier molecular flexibility index (Phi) is 8.82. The minimum atomic E-state index is -2.93. The SMILES string of the molecule is CN1CCS(=O)CC1.O=CN(Cc1ccc(-c2nnc(C(F)F)o2)cc1F)c1ccc(F)cn1. The van der Waals surface area contributed by atoms with E-state index in [1.165, 1.54) is 18.2 Å². The van der Waals surface area contributed by atoms with Crippen LogP contribution in [0.5, 0.6) is 0 Å². The largest absolute Gasteiger partial charge is 0.415 e. The highest BCUT2D eigenvalue weighted by atomic mass is 32.2. The van der Waals surface area contributed by atoms with E-state index in [9.17, 15) is 26.6 Å². The molecular formula is C21H21F4N5O3S. The van der Waals surface area contributed by atoms with Crippen LogP contribution in [0, 0.1) is 11.6 Å². The van der Waals surface area contributed by atoms with Crippen molar-refractivity contribution in [2.75, 3.05) is 36.5 Å². The molecular weight excluding hydrogens is 478 g/mol. The first-order valence-electron chi connectivity index (χ1n) is 10.0. The molecule has 13 heteroatoms. The van der Waals surface area contributed by atoms with E-state index < -0.39 is 34.8 Å². The van der Waals surface area contributed by atoms with Gasteiger partial charge in [0.1, 0.15) is 17.5 Å². The topological polar surface area (TPSA) is 92.4 Å². The number of amides is 1. The van der Waals surface area contributed by atoms with Crippen molar-refractivity contribution < 1.29 is 31.0 Å². The van der Waals surface area contributed by atoms with Crippen LogP contribution in [0.25, 0.3) is 11.5 Å². The molecule has 1 aliphatic heterocycles. The Balaban J connectivity index is 0.000000343. The number of carbonyl (C=O) groups is 1. The molecule has 182 valence electrons. The van der Waals surface area contributed by atoms with Crippen molar-refractivity contribution in [3.05, 3.63) is 59.6 Å². The first kappa shape index (κ1) is 25.4. The molecule has 0 atom stereocenters. The lowest BCUT2D eigenvalue weighted by Crippen LogP contribution is -2.34. The lowest BCUT2D eigenvalue weighted by molar-refractivity contribution is -0.107. The van der Waals surface area contributed by atoms with Crippen molar-refractivity contribution in [3.63, 3.8) is 0 Å². The fourth-order valence-electron chi connectivity index (χ4n) is 2.87. The molecule has 0 bridgehead atoms. The molecule has 34 heavy (non-hydrogen) atoms. The summed E-state index contributed by atoms with van der Waals surface area (Å²) in [6.45, 7) is 1.85. The molecule has 1 amide bonds. The molecule has 0 saturated carbocycles. The smallest absolute Gasteiger partial charge is 0.314 e. The van der Waals surface area contributed by atoms with Crippen LogP contribution in [0.4, 0.5) is 23.4 Å². The van der Waals surface area contributed by atoms with Crippen molar-refractivity contribution in [2.24, 2.45) is 0 Å². The number of carbonyl (C=O) groups excluding carboxylic acids is 1. The minimum Gasteiger partial charge on any atom is -0.415 e. The second kappa shape index (κ2) is 11.8. The summed E-state index contributed by atoms with van der Waals surface area (Å²) in [6, 6.07) is 6.16. The van der Waals surface area contributed by atoms with E-state index in [1.54, 1.807) is 0 Å². The van der Waals surface area contributed by atoms with Gasteiger partial charge in [-0.2, -0.15) is 8.78 Å². The van der Waals surface area contributed by atoms with E-state index >= 15 is 0 Å². The van der Waals surface area contributed by atoms with Crippen molar-refractivity contribution in [1.29, 1.82) is 0 Å². The van der Waals surface area contributed by atoms with Crippen LogP contribution in [0.3, 0.4) is 0 Å². The maximum Gasteiger partial charge on any atom is 0.314 e. The van der Waals surface area contributed by atoms with E-state index in [2.05, 4.69) is 27.1 Å². The number of hydrogen-bond donors (Lipinski definition) is 0. The van der Waals surface area contributed by atoms with E-state index in [0.29, 0.717) is 6.41 Å². The summed E-state index contributed by atoms with van der Waals surface area (Å²) in [5.74, 6) is -0.515. The number of pyridine rings is 1. The van der Waals surface area contributed by atoms with Crippen LogP contribution >= 0.6 is 0 Å². The average molecular weight is 499 g/mol. The van der Waals surface area contributed by atoms with Gasteiger partial charge in [-0.05, 0) is 31.3 Å². The molecule has 0 unspecified atom stereocenters. The van der Waals surface area contributed by atoms with Gasteiger partial charge in [0.2, 0.25) is 12.3 Å². The predicted molar refractivity (Wildman–Crippen MR) is 116 cm³/mol. The van der Waals surface area contributed by atoms with Gasteiger partial charge < -0.3 is 9.32 Å². The van der Waals surface area contributed by atoms with Gasteiger partial charge >= 0.3 is 6.43 Å². The summed E-state index contributed by atoms with van der Waals surface area (Å²) >= 11 is 0. The first-order chi connectivity index (χ1) is 16.3. The zero-order valence-electron chi connectivity index (χ0n) is 18.0. The number of anilines is 1. The Labute approximate surface area is 195 Å². The van der Waals surface area contributed by atoms with Gasteiger partial charge in [0.15, 0.2) is 0 Å². The molecule has 3 heterocycles. The molecule has 0 aliphatic carbocycles. The molecule has 1 aromatic carbocycles. The Hall–Kier alpha value is -3.19. The van der Waals surface area contributed by atoms with Crippen LogP contribution < -0.4 is 4.90 Å². The van der Waals surface area contributed by atoms with Gasteiger partial charge in [-0.1, -0.05) is 6.07 Å². The van der Waals surface area contributed by atoms with Crippen molar-refractivity contribution >= 4 is 23.0 Å². The number of hydrogen-bond acceptors (Lipinski definition) is 7. The van der Waals surface area contributed by atoms with Crippen molar-refractivity contribution in [3.8, 4) is 11.5 Å². The molecule has 0 spiro atoms. The number of benzene rings is 1. The molecule has 4 rings (SSSR count). The molecule has 0 N–H and O–H groups in total. The maximum absolute atomic E-state index is 14.3. The van der Waals surface area contributed by atoms with Crippen molar-refractivity contribution in [1.82, 2.24) is 20.1 Å². The predicted octanol–water partition coefficient (Wildman–Crippen LogP) is 3.19. The summed E-state index contributed by atoms with van der Waals surface area (Å²) in [5, 5.41) is 6.61. The molecule has 1 fully saturated rings. The number of alkyl halides is 2. The molecule has 1 saturated heterocycles. The Morgan fingerprint density at radius 2 is 1.91 bits per heavy atom. The highest BCUT2D eigenvalue weighted by molar-refractivity contribution is 7.85. The van der Waals surface area contributed by atoms with Crippen LogP contribution in [0.15, 0.2) is 40.9 Å².